The first-order valence-corrected chi connectivity index (χ1v) is 11.4. The first kappa shape index (κ1) is 22.6. The van der Waals surface area contributed by atoms with Gasteiger partial charge in [-0.3, -0.25) is 0 Å². The Balaban J connectivity index is 1.74. The molecule has 0 bridgehead atoms. The average Bonchev–Trinajstić information content (AvgIpc) is 2.74. The number of hydrogen-bond donors (Lipinski definition) is 1. The van der Waals surface area contributed by atoms with Crippen molar-refractivity contribution in [1.82, 2.24) is 4.90 Å². The molecule has 1 N–H and O–H groups in total. The smallest absolute Gasteiger partial charge is 0.173 e. The van der Waals surface area contributed by atoms with Gasteiger partial charge >= 0.3 is 0 Å². The van der Waals surface area contributed by atoms with Crippen LogP contribution in [0.15, 0.2) is 36.4 Å². The molecule has 2 aromatic carbocycles. The molecule has 5 heteroatoms. The van der Waals surface area contributed by atoms with Gasteiger partial charge in [0.25, 0.3) is 0 Å². The first-order chi connectivity index (χ1) is 14.5. The molecule has 30 heavy (non-hydrogen) atoms. The van der Waals surface area contributed by atoms with Crippen LogP contribution in [0.4, 0.5) is 11.4 Å². The van der Waals surface area contributed by atoms with Gasteiger partial charge in [-0.15, -0.1) is 0 Å². The number of nitrogens with zero attached hydrogens (tertiary/aromatic N) is 2. The van der Waals surface area contributed by atoms with Gasteiger partial charge in [-0.1, -0.05) is 25.1 Å². The van der Waals surface area contributed by atoms with E-state index in [1.54, 1.807) is 7.11 Å². The van der Waals surface area contributed by atoms with Gasteiger partial charge in [0.15, 0.2) is 5.11 Å². The van der Waals surface area contributed by atoms with E-state index in [0.29, 0.717) is 6.61 Å². The number of fused-ring (bicyclic) bond motifs is 1. The Labute approximate surface area is 187 Å². The van der Waals surface area contributed by atoms with Crippen molar-refractivity contribution in [2.75, 3.05) is 43.6 Å². The van der Waals surface area contributed by atoms with Crippen molar-refractivity contribution >= 4 is 28.7 Å². The molecule has 0 spiro atoms. The van der Waals surface area contributed by atoms with Gasteiger partial charge in [0.05, 0.1) is 6.61 Å². The second kappa shape index (κ2) is 10.8. The quantitative estimate of drug-likeness (QED) is 0.579. The van der Waals surface area contributed by atoms with Crippen LogP contribution in [0.2, 0.25) is 0 Å². The number of anilines is 2. The highest BCUT2D eigenvalue weighted by molar-refractivity contribution is 7.80. The molecule has 0 saturated heterocycles. The van der Waals surface area contributed by atoms with E-state index in [9.17, 15) is 0 Å². The molecule has 0 unspecified atom stereocenters. The molecule has 0 fully saturated rings. The van der Waals surface area contributed by atoms with Crippen LogP contribution in [-0.4, -0.2) is 43.4 Å². The molecule has 1 aliphatic heterocycles. The van der Waals surface area contributed by atoms with E-state index >= 15 is 0 Å². The second-order valence-electron chi connectivity index (χ2n) is 8.20. The van der Waals surface area contributed by atoms with Crippen LogP contribution >= 0.6 is 12.2 Å². The molecule has 2 aromatic rings. The lowest BCUT2D eigenvalue weighted by atomic mass is 9.99. The zero-order chi connectivity index (χ0) is 21.5. The normalized spacial score (nSPS) is 13.1. The Morgan fingerprint density at radius 1 is 1.17 bits per heavy atom. The van der Waals surface area contributed by atoms with Gasteiger partial charge < -0.3 is 19.9 Å². The van der Waals surface area contributed by atoms with E-state index in [1.165, 1.54) is 47.3 Å². The molecule has 0 aliphatic carbocycles. The zero-order valence-corrected chi connectivity index (χ0v) is 19.6. The summed E-state index contributed by atoms with van der Waals surface area (Å²) in [5, 5.41) is 4.16. The third-order valence-electron chi connectivity index (χ3n) is 5.84. The topological polar surface area (TPSA) is 27.7 Å². The van der Waals surface area contributed by atoms with E-state index in [1.807, 2.05) is 0 Å². The third kappa shape index (κ3) is 5.73. The molecule has 1 aliphatic rings. The number of hydrogen-bond acceptors (Lipinski definition) is 3. The molecular weight excluding hydrogens is 390 g/mol. The summed E-state index contributed by atoms with van der Waals surface area (Å²) in [5.74, 6) is 0. The molecule has 162 valence electrons. The molecule has 0 amide bonds. The second-order valence-corrected chi connectivity index (χ2v) is 8.58. The SMILES string of the molecule is CCCN1CCCc2cc(CN(CCOC)C(=S)Nc3ccc(C)c(C)c3)ccc21. The van der Waals surface area contributed by atoms with E-state index in [-0.39, 0.29) is 0 Å². The highest BCUT2D eigenvalue weighted by Gasteiger charge is 2.18. The number of aryl methyl sites for hydroxylation is 3. The molecule has 1 heterocycles. The molecule has 4 nitrogen and oxygen atoms in total. The lowest BCUT2D eigenvalue weighted by Crippen LogP contribution is -2.36. The highest BCUT2D eigenvalue weighted by atomic mass is 32.1. The predicted octanol–water partition coefficient (Wildman–Crippen LogP) is 5.31. The number of thiocarbonyl (C=S) groups is 1. The van der Waals surface area contributed by atoms with Gasteiger partial charge in [-0.2, -0.15) is 0 Å². The maximum absolute atomic E-state index is 5.77. The molecule has 0 radical (unpaired) electrons. The summed E-state index contributed by atoms with van der Waals surface area (Å²) >= 11 is 5.77. The average molecular weight is 426 g/mol. The summed E-state index contributed by atoms with van der Waals surface area (Å²) in [4.78, 5) is 4.72. The summed E-state index contributed by atoms with van der Waals surface area (Å²) < 4.78 is 5.34. The fourth-order valence-electron chi connectivity index (χ4n) is 4.02. The third-order valence-corrected chi connectivity index (χ3v) is 6.20. The van der Waals surface area contributed by atoms with E-state index in [0.717, 1.165) is 36.9 Å². The summed E-state index contributed by atoms with van der Waals surface area (Å²) in [5.41, 5.74) is 7.75. The van der Waals surface area contributed by atoms with Crippen LogP contribution in [0, 0.1) is 13.8 Å². The van der Waals surface area contributed by atoms with Crippen molar-refractivity contribution in [3.63, 3.8) is 0 Å². The standard InChI is InChI=1S/C25H35N3OS/c1-5-12-27-13-6-7-22-17-21(9-11-24(22)27)18-28(14-15-29-4)25(30)26-23-10-8-19(2)20(3)16-23/h8-11,16-17H,5-7,12-15,18H2,1-4H3,(H,26,30). The number of benzene rings is 2. The van der Waals surface area contributed by atoms with Crippen molar-refractivity contribution < 1.29 is 4.74 Å². The fraction of sp³-hybridized carbons (Fsp3) is 0.480. The van der Waals surface area contributed by atoms with Crippen LogP contribution in [0.1, 0.15) is 42.0 Å². The molecular formula is C25H35N3OS. The Kier molecular flexibility index (Phi) is 8.11. The van der Waals surface area contributed by atoms with Crippen LogP contribution < -0.4 is 10.2 Å². The number of rotatable bonds is 8. The maximum Gasteiger partial charge on any atom is 0.173 e. The lowest BCUT2D eigenvalue weighted by molar-refractivity contribution is 0.175. The summed E-state index contributed by atoms with van der Waals surface area (Å²) in [6.45, 7) is 11.0. The molecule has 0 saturated carbocycles. The Morgan fingerprint density at radius 2 is 2.00 bits per heavy atom. The minimum Gasteiger partial charge on any atom is -0.383 e. The van der Waals surface area contributed by atoms with Crippen LogP contribution in [-0.2, 0) is 17.7 Å². The largest absolute Gasteiger partial charge is 0.383 e. The van der Waals surface area contributed by atoms with Gasteiger partial charge in [0.1, 0.15) is 0 Å². The van der Waals surface area contributed by atoms with Crippen molar-refractivity contribution in [3.8, 4) is 0 Å². The minimum absolute atomic E-state index is 0.643. The van der Waals surface area contributed by atoms with Gasteiger partial charge in [0.2, 0.25) is 0 Å². The fourth-order valence-corrected chi connectivity index (χ4v) is 4.30. The van der Waals surface area contributed by atoms with Gasteiger partial charge in [-0.25, -0.2) is 0 Å². The van der Waals surface area contributed by atoms with Gasteiger partial charge in [0, 0.05) is 44.7 Å². The van der Waals surface area contributed by atoms with E-state index < -0.39 is 0 Å². The number of methoxy groups -OCH3 is 1. The van der Waals surface area contributed by atoms with Crippen molar-refractivity contribution in [3.05, 3.63) is 58.7 Å². The zero-order valence-electron chi connectivity index (χ0n) is 18.8. The van der Waals surface area contributed by atoms with Crippen molar-refractivity contribution in [1.29, 1.82) is 0 Å². The van der Waals surface area contributed by atoms with E-state index in [4.69, 9.17) is 17.0 Å². The molecule has 0 atom stereocenters. The van der Waals surface area contributed by atoms with Crippen LogP contribution in [0.25, 0.3) is 0 Å². The van der Waals surface area contributed by atoms with E-state index in [2.05, 4.69) is 72.3 Å². The van der Waals surface area contributed by atoms with Crippen molar-refractivity contribution in [2.45, 2.75) is 46.6 Å². The van der Waals surface area contributed by atoms with Crippen molar-refractivity contribution in [2.24, 2.45) is 0 Å². The minimum atomic E-state index is 0.643. The Hall–Kier alpha value is -2.11. The summed E-state index contributed by atoms with van der Waals surface area (Å²) in [6.07, 6.45) is 3.58. The monoisotopic (exact) mass is 425 g/mol. The molecule has 0 aromatic heterocycles. The number of ether oxygens (including phenoxy) is 1. The van der Waals surface area contributed by atoms with Crippen LogP contribution in [0.3, 0.4) is 0 Å². The first-order valence-electron chi connectivity index (χ1n) is 11.0. The summed E-state index contributed by atoms with van der Waals surface area (Å²) in [7, 11) is 1.74. The van der Waals surface area contributed by atoms with Gasteiger partial charge in [-0.05, 0) is 85.8 Å². The highest BCUT2D eigenvalue weighted by Crippen LogP contribution is 2.28. The summed E-state index contributed by atoms with van der Waals surface area (Å²) in [6, 6.07) is 13.3. The Morgan fingerprint density at radius 3 is 2.73 bits per heavy atom. The lowest BCUT2D eigenvalue weighted by Gasteiger charge is -2.32. The van der Waals surface area contributed by atoms with Crippen LogP contribution in [0.5, 0.6) is 0 Å². The maximum atomic E-state index is 5.77. The number of nitrogens with one attached hydrogen (secondary N) is 1. The molecule has 3 rings (SSSR count). The Bertz CT molecular complexity index is 867. The predicted molar refractivity (Wildman–Crippen MR) is 132 cm³/mol.